The Labute approximate surface area is 125 Å². The Morgan fingerprint density at radius 2 is 2.00 bits per heavy atom. The third-order valence-corrected chi connectivity index (χ3v) is 4.37. The van der Waals surface area contributed by atoms with Crippen LogP contribution in [0.25, 0.3) is 0 Å². The first-order valence-electron chi connectivity index (χ1n) is 6.34. The standard InChI is InChI=1S/C13H17ClN2O3S/c1-8-6-16(7-9(2)15-8)13(17)10-3-4-11(14)12(5-10)20(18)19/h3-5,8-9,15H,6-7H2,1-2H3,(H,18,19). The van der Waals surface area contributed by atoms with Gasteiger partial charge in [-0.15, -0.1) is 0 Å². The fourth-order valence-electron chi connectivity index (χ4n) is 2.45. The number of nitrogens with zero attached hydrogens (tertiary/aromatic N) is 1. The van der Waals surface area contributed by atoms with E-state index < -0.39 is 11.1 Å². The molecule has 1 amide bonds. The Kier molecular flexibility index (Phi) is 4.80. The number of nitrogens with one attached hydrogen (secondary N) is 1. The van der Waals surface area contributed by atoms with E-state index in [9.17, 15) is 9.00 Å². The van der Waals surface area contributed by atoms with Crippen molar-refractivity contribution in [1.82, 2.24) is 10.2 Å². The maximum Gasteiger partial charge on any atom is 0.254 e. The molecule has 1 saturated heterocycles. The van der Waals surface area contributed by atoms with Gasteiger partial charge in [0.1, 0.15) is 0 Å². The summed E-state index contributed by atoms with van der Waals surface area (Å²) in [6.45, 7) is 5.27. The Morgan fingerprint density at radius 3 is 2.55 bits per heavy atom. The van der Waals surface area contributed by atoms with Gasteiger partial charge in [0.25, 0.3) is 5.91 Å². The molecular formula is C13H17ClN2O3S. The minimum absolute atomic E-state index is 0.0637. The van der Waals surface area contributed by atoms with Crippen molar-refractivity contribution in [3.05, 3.63) is 28.8 Å². The van der Waals surface area contributed by atoms with Gasteiger partial charge in [-0.3, -0.25) is 4.79 Å². The maximum absolute atomic E-state index is 12.5. The molecule has 3 atom stereocenters. The van der Waals surface area contributed by atoms with E-state index in [1.54, 1.807) is 11.0 Å². The van der Waals surface area contributed by atoms with Crippen molar-refractivity contribution in [3.8, 4) is 0 Å². The normalized spacial score (nSPS) is 24.5. The summed E-state index contributed by atoms with van der Waals surface area (Å²) < 4.78 is 20.3. The molecule has 0 radical (unpaired) electrons. The second kappa shape index (κ2) is 6.22. The first-order chi connectivity index (χ1) is 9.38. The van der Waals surface area contributed by atoms with Crippen molar-refractivity contribution in [1.29, 1.82) is 0 Å². The van der Waals surface area contributed by atoms with Crippen molar-refractivity contribution in [3.63, 3.8) is 0 Å². The molecule has 2 N–H and O–H groups in total. The molecular weight excluding hydrogens is 300 g/mol. The molecule has 0 saturated carbocycles. The number of hydrogen-bond acceptors (Lipinski definition) is 3. The third-order valence-electron chi connectivity index (χ3n) is 3.21. The average molecular weight is 317 g/mol. The minimum atomic E-state index is -2.20. The number of halogens is 1. The van der Waals surface area contributed by atoms with Crippen LogP contribution >= 0.6 is 11.6 Å². The summed E-state index contributed by atoms with van der Waals surface area (Å²) in [6, 6.07) is 4.90. The Bertz CT molecular complexity index is 542. The van der Waals surface area contributed by atoms with Gasteiger partial charge in [-0.05, 0) is 32.0 Å². The maximum atomic E-state index is 12.5. The molecule has 3 unspecified atom stereocenters. The van der Waals surface area contributed by atoms with Crippen molar-refractivity contribution in [2.24, 2.45) is 0 Å². The zero-order valence-corrected chi connectivity index (χ0v) is 12.9. The van der Waals surface area contributed by atoms with Crippen LogP contribution in [0.2, 0.25) is 5.02 Å². The largest absolute Gasteiger partial charge is 0.336 e. The fourth-order valence-corrected chi connectivity index (χ4v) is 3.22. The number of benzene rings is 1. The Balaban J connectivity index is 2.25. The summed E-state index contributed by atoms with van der Waals surface area (Å²) in [4.78, 5) is 14.3. The van der Waals surface area contributed by atoms with Crippen LogP contribution in [-0.2, 0) is 11.1 Å². The summed E-state index contributed by atoms with van der Waals surface area (Å²) in [5.41, 5.74) is 0.383. The predicted molar refractivity (Wildman–Crippen MR) is 78.5 cm³/mol. The second-order valence-corrected chi connectivity index (χ2v) is 6.42. The molecule has 1 fully saturated rings. The van der Waals surface area contributed by atoms with Gasteiger partial charge in [0.2, 0.25) is 0 Å². The first kappa shape index (κ1) is 15.4. The molecule has 7 heteroatoms. The second-order valence-electron chi connectivity index (χ2n) is 5.07. The van der Waals surface area contributed by atoms with Crippen LogP contribution in [0.15, 0.2) is 23.1 Å². The molecule has 110 valence electrons. The highest BCUT2D eigenvalue weighted by Crippen LogP contribution is 2.21. The van der Waals surface area contributed by atoms with E-state index in [4.69, 9.17) is 16.2 Å². The molecule has 0 bridgehead atoms. The molecule has 0 aromatic heterocycles. The van der Waals surface area contributed by atoms with Gasteiger partial charge in [-0.25, -0.2) is 4.21 Å². The van der Waals surface area contributed by atoms with Crippen LogP contribution in [0.4, 0.5) is 0 Å². The van der Waals surface area contributed by atoms with E-state index in [-0.39, 0.29) is 27.9 Å². The molecule has 0 aliphatic carbocycles. The molecule has 2 rings (SSSR count). The first-order valence-corrected chi connectivity index (χ1v) is 7.82. The molecule has 1 aliphatic heterocycles. The quantitative estimate of drug-likeness (QED) is 0.816. The lowest BCUT2D eigenvalue weighted by atomic mass is 10.1. The van der Waals surface area contributed by atoms with Crippen molar-refractivity contribution >= 4 is 28.6 Å². The van der Waals surface area contributed by atoms with Gasteiger partial charge >= 0.3 is 0 Å². The summed E-state index contributed by atoms with van der Waals surface area (Å²) in [7, 11) is 0. The van der Waals surface area contributed by atoms with Crippen LogP contribution in [0.5, 0.6) is 0 Å². The van der Waals surface area contributed by atoms with Gasteiger partial charge in [-0.2, -0.15) is 0 Å². The molecule has 0 spiro atoms. The topological polar surface area (TPSA) is 69.6 Å². The van der Waals surface area contributed by atoms with Crippen LogP contribution in [0.3, 0.4) is 0 Å². The molecule has 20 heavy (non-hydrogen) atoms. The van der Waals surface area contributed by atoms with Gasteiger partial charge in [0, 0.05) is 30.7 Å². The van der Waals surface area contributed by atoms with E-state index >= 15 is 0 Å². The van der Waals surface area contributed by atoms with E-state index in [0.29, 0.717) is 18.7 Å². The molecule has 1 aromatic rings. The SMILES string of the molecule is CC1CN(C(=O)c2ccc(Cl)c(S(=O)O)c2)CC(C)N1. The number of carbonyl (C=O) groups excluding carboxylic acids is 1. The van der Waals surface area contributed by atoms with Crippen LogP contribution in [-0.4, -0.2) is 44.7 Å². The molecule has 1 aromatic carbocycles. The highest BCUT2D eigenvalue weighted by atomic mass is 35.5. The zero-order chi connectivity index (χ0) is 14.9. The van der Waals surface area contributed by atoms with Gasteiger partial charge in [0.05, 0.1) is 9.92 Å². The number of piperazine rings is 1. The van der Waals surface area contributed by atoms with Crippen LogP contribution in [0.1, 0.15) is 24.2 Å². The smallest absolute Gasteiger partial charge is 0.254 e. The van der Waals surface area contributed by atoms with E-state index in [1.165, 1.54) is 12.1 Å². The monoisotopic (exact) mass is 316 g/mol. The van der Waals surface area contributed by atoms with Gasteiger partial charge in [-0.1, -0.05) is 11.6 Å². The average Bonchev–Trinajstić information content (AvgIpc) is 2.37. The number of carbonyl (C=O) groups is 1. The lowest BCUT2D eigenvalue weighted by Gasteiger charge is -2.36. The van der Waals surface area contributed by atoms with E-state index in [1.807, 2.05) is 13.8 Å². The summed E-state index contributed by atoms with van der Waals surface area (Å²) in [6.07, 6.45) is 0. The summed E-state index contributed by atoms with van der Waals surface area (Å²) in [5, 5.41) is 3.54. The van der Waals surface area contributed by atoms with Gasteiger partial charge < -0.3 is 14.8 Å². The van der Waals surface area contributed by atoms with Crippen LogP contribution < -0.4 is 5.32 Å². The highest BCUT2D eigenvalue weighted by Gasteiger charge is 2.26. The highest BCUT2D eigenvalue weighted by molar-refractivity contribution is 7.79. The lowest BCUT2D eigenvalue weighted by Crippen LogP contribution is -2.55. The minimum Gasteiger partial charge on any atom is -0.336 e. The summed E-state index contributed by atoms with van der Waals surface area (Å²) in [5.74, 6) is -0.145. The number of rotatable bonds is 2. The predicted octanol–water partition coefficient (Wildman–Crippen LogP) is 1.74. The number of amides is 1. The fraction of sp³-hybridized carbons (Fsp3) is 0.462. The molecule has 1 heterocycles. The zero-order valence-electron chi connectivity index (χ0n) is 11.3. The van der Waals surface area contributed by atoms with Crippen molar-refractivity contribution < 1.29 is 13.6 Å². The van der Waals surface area contributed by atoms with Crippen molar-refractivity contribution in [2.45, 2.75) is 30.8 Å². The van der Waals surface area contributed by atoms with Crippen molar-refractivity contribution in [2.75, 3.05) is 13.1 Å². The molecule has 5 nitrogen and oxygen atoms in total. The molecule has 1 aliphatic rings. The van der Waals surface area contributed by atoms with Gasteiger partial charge in [0.15, 0.2) is 11.1 Å². The van der Waals surface area contributed by atoms with Crippen LogP contribution in [0, 0.1) is 0 Å². The Morgan fingerprint density at radius 1 is 1.40 bits per heavy atom. The summed E-state index contributed by atoms with van der Waals surface area (Å²) >= 11 is 3.64. The Hall–Kier alpha value is -0.950. The lowest BCUT2D eigenvalue weighted by molar-refractivity contribution is 0.0673. The third kappa shape index (κ3) is 3.38. The van der Waals surface area contributed by atoms with E-state index in [0.717, 1.165) is 0 Å². The van der Waals surface area contributed by atoms with E-state index in [2.05, 4.69) is 5.32 Å². The number of hydrogen-bond donors (Lipinski definition) is 2.